The second-order valence-electron chi connectivity index (χ2n) is 4.96. The second kappa shape index (κ2) is 6.78. The number of urea groups is 1. The minimum atomic E-state index is -1.08. The molecule has 6 nitrogen and oxygen atoms in total. The highest BCUT2D eigenvalue weighted by Gasteiger charge is 2.26. The summed E-state index contributed by atoms with van der Waals surface area (Å²) >= 11 is 5.98. The zero-order valence-corrected chi connectivity index (χ0v) is 12.1. The smallest absolute Gasteiger partial charge is 0.335 e. The van der Waals surface area contributed by atoms with E-state index < -0.39 is 5.97 Å². The molecule has 1 aromatic carbocycles. The first kappa shape index (κ1) is 15.6. The van der Waals surface area contributed by atoms with Gasteiger partial charge in [0.15, 0.2) is 0 Å². The van der Waals surface area contributed by atoms with E-state index in [1.54, 1.807) is 4.90 Å². The van der Waals surface area contributed by atoms with E-state index in [0.717, 1.165) is 19.3 Å². The van der Waals surface area contributed by atoms with Crippen molar-refractivity contribution < 1.29 is 19.8 Å². The number of carboxylic acids is 1. The van der Waals surface area contributed by atoms with Crippen molar-refractivity contribution in [3.05, 3.63) is 28.8 Å². The van der Waals surface area contributed by atoms with E-state index in [1.165, 1.54) is 18.2 Å². The minimum absolute atomic E-state index is 0.0595. The first-order valence-corrected chi connectivity index (χ1v) is 7.12. The second-order valence-corrected chi connectivity index (χ2v) is 5.36. The van der Waals surface area contributed by atoms with Gasteiger partial charge in [-0.3, -0.25) is 0 Å². The number of aromatic carboxylic acids is 1. The molecule has 0 aromatic heterocycles. The number of carboxylic acid groups (broad SMARTS) is 1. The summed E-state index contributed by atoms with van der Waals surface area (Å²) in [5, 5.41) is 21.0. The standard InChI is InChI=1S/C14H17ClN2O4/c15-11-7-9(13(19)20)4-5-12(11)16-14(21)17-6-2-1-3-10(17)8-18/h4-5,7,10,18H,1-3,6,8H2,(H,16,21)(H,19,20). The van der Waals surface area contributed by atoms with Crippen LogP contribution in [0.2, 0.25) is 5.02 Å². The Hall–Kier alpha value is -1.79. The summed E-state index contributed by atoms with van der Waals surface area (Å²) in [7, 11) is 0. The van der Waals surface area contributed by atoms with Crippen molar-refractivity contribution in [2.45, 2.75) is 25.3 Å². The quantitative estimate of drug-likeness (QED) is 0.799. The fraction of sp³-hybridized carbons (Fsp3) is 0.429. The third kappa shape index (κ3) is 3.65. The van der Waals surface area contributed by atoms with Crippen LogP contribution in [0.5, 0.6) is 0 Å². The van der Waals surface area contributed by atoms with E-state index in [0.29, 0.717) is 12.2 Å². The zero-order valence-electron chi connectivity index (χ0n) is 11.4. The Kier molecular flexibility index (Phi) is 5.03. The number of halogens is 1. The lowest BCUT2D eigenvalue weighted by atomic mass is 10.0. The predicted molar refractivity (Wildman–Crippen MR) is 78.9 cm³/mol. The van der Waals surface area contributed by atoms with Gasteiger partial charge in [0.05, 0.1) is 28.9 Å². The fourth-order valence-corrected chi connectivity index (χ4v) is 2.62. The van der Waals surface area contributed by atoms with Gasteiger partial charge in [0.25, 0.3) is 0 Å². The maximum atomic E-state index is 12.2. The summed E-state index contributed by atoms with van der Waals surface area (Å²) in [6, 6.07) is 3.61. The van der Waals surface area contributed by atoms with Gasteiger partial charge in [0.2, 0.25) is 0 Å². The molecule has 7 heteroatoms. The summed E-state index contributed by atoms with van der Waals surface area (Å²) in [6.07, 6.45) is 2.66. The van der Waals surface area contributed by atoms with Crippen LogP contribution < -0.4 is 5.32 Å². The third-order valence-corrected chi connectivity index (χ3v) is 3.87. The number of aliphatic hydroxyl groups is 1. The molecule has 2 rings (SSSR count). The van der Waals surface area contributed by atoms with Gasteiger partial charge in [-0.15, -0.1) is 0 Å². The summed E-state index contributed by atoms with van der Waals surface area (Å²) in [6.45, 7) is 0.515. The molecule has 1 atom stereocenters. The topological polar surface area (TPSA) is 89.9 Å². The lowest BCUT2D eigenvalue weighted by Gasteiger charge is -2.34. The molecule has 1 unspecified atom stereocenters. The number of nitrogens with zero attached hydrogens (tertiary/aromatic N) is 1. The summed E-state index contributed by atoms with van der Waals surface area (Å²) in [5.74, 6) is -1.08. The van der Waals surface area contributed by atoms with Crippen LogP contribution in [0, 0.1) is 0 Å². The maximum absolute atomic E-state index is 12.2. The SMILES string of the molecule is O=C(O)c1ccc(NC(=O)N2CCCCC2CO)c(Cl)c1. The molecule has 1 aliphatic heterocycles. The molecule has 1 fully saturated rings. The number of amides is 2. The number of aliphatic hydroxyl groups excluding tert-OH is 1. The molecule has 0 radical (unpaired) electrons. The molecular formula is C14H17ClN2O4. The van der Waals surface area contributed by atoms with Crippen LogP contribution in [0.3, 0.4) is 0 Å². The Morgan fingerprint density at radius 1 is 1.38 bits per heavy atom. The number of nitrogens with one attached hydrogen (secondary N) is 1. The van der Waals surface area contributed by atoms with Crippen molar-refractivity contribution in [3.8, 4) is 0 Å². The largest absolute Gasteiger partial charge is 0.478 e. The highest BCUT2D eigenvalue weighted by atomic mass is 35.5. The van der Waals surface area contributed by atoms with Crippen molar-refractivity contribution in [1.82, 2.24) is 4.90 Å². The molecule has 1 heterocycles. The first-order valence-electron chi connectivity index (χ1n) is 6.74. The van der Waals surface area contributed by atoms with Crippen molar-refractivity contribution in [2.75, 3.05) is 18.5 Å². The van der Waals surface area contributed by atoms with Crippen LogP contribution in [0.25, 0.3) is 0 Å². The van der Waals surface area contributed by atoms with Gasteiger partial charge in [-0.2, -0.15) is 0 Å². The van der Waals surface area contributed by atoms with Crippen molar-refractivity contribution in [3.63, 3.8) is 0 Å². The Morgan fingerprint density at radius 2 is 2.14 bits per heavy atom. The number of carbonyl (C=O) groups is 2. The van der Waals surface area contributed by atoms with Crippen LogP contribution in [0.1, 0.15) is 29.6 Å². The Bertz CT molecular complexity index is 550. The van der Waals surface area contributed by atoms with Crippen molar-refractivity contribution >= 4 is 29.3 Å². The molecule has 3 N–H and O–H groups in total. The molecule has 0 saturated carbocycles. The van der Waals surface area contributed by atoms with E-state index in [1.807, 2.05) is 0 Å². The van der Waals surface area contributed by atoms with E-state index in [-0.39, 0.29) is 29.3 Å². The Balaban J connectivity index is 2.10. The summed E-state index contributed by atoms with van der Waals surface area (Å²) < 4.78 is 0. The van der Waals surface area contributed by atoms with Crippen molar-refractivity contribution in [1.29, 1.82) is 0 Å². The highest BCUT2D eigenvalue weighted by Crippen LogP contribution is 2.25. The number of anilines is 1. The summed E-state index contributed by atoms with van der Waals surface area (Å²) in [5.41, 5.74) is 0.415. The van der Waals surface area contributed by atoms with E-state index >= 15 is 0 Å². The van der Waals surface area contributed by atoms with Crippen LogP contribution >= 0.6 is 11.6 Å². The van der Waals surface area contributed by atoms with Gasteiger partial charge in [0.1, 0.15) is 0 Å². The Morgan fingerprint density at radius 3 is 2.76 bits per heavy atom. The molecule has 1 aliphatic rings. The van der Waals surface area contributed by atoms with Crippen LogP contribution in [-0.4, -0.2) is 46.3 Å². The van der Waals surface area contributed by atoms with Crippen LogP contribution in [0.15, 0.2) is 18.2 Å². The van der Waals surface area contributed by atoms with Crippen molar-refractivity contribution in [2.24, 2.45) is 0 Å². The van der Waals surface area contributed by atoms with Gasteiger partial charge in [0, 0.05) is 6.54 Å². The molecule has 1 saturated heterocycles. The molecule has 2 amide bonds. The van der Waals surface area contributed by atoms with Gasteiger partial charge in [-0.25, -0.2) is 9.59 Å². The molecule has 114 valence electrons. The zero-order chi connectivity index (χ0) is 15.4. The van der Waals surface area contributed by atoms with E-state index in [2.05, 4.69) is 5.32 Å². The molecule has 0 spiro atoms. The Labute approximate surface area is 127 Å². The molecule has 0 aliphatic carbocycles. The third-order valence-electron chi connectivity index (χ3n) is 3.56. The van der Waals surface area contributed by atoms with E-state index in [4.69, 9.17) is 16.7 Å². The first-order chi connectivity index (χ1) is 10.0. The average molecular weight is 313 g/mol. The number of rotatable bonds is 3. The van der Waals surface area contributed by atoms with Crippen LogP contribution in [-0.2, 0) is 0 Å². The molecular weight excluding hydrogens is 296 g/mol. The molecule has 1 aromatic rings. The number of carbonyl (C=O) groups excluding carboxylic acids is 1. The predicted octanol–water partition coefficient (Wildman–Crippen LogP) is 2.42. The highest BCUT2D eigenvalue weighted by molar-refractivity contribution is 6.34. The number of hydrogen-bond donors (Lipinski definition) is 3. The fourth-order valence-electron chi connectivity index (χ4n) is 2.39. The molecule has 0 bridgehead atoms. The molecule has 21 heavy (non-hydrogen) atoms. The minimum Gasteiger partial charge on any atom is -0.478 e. The van der Waals surface area contributed by atoms with Gasteiger partial charge >= 0.3 is 12.0 Å². The normalized spacial score (nSPS) is 18.4. The average Bonchev–Trinajstić information content (AvgIpc) is 2.48. The van der Waals surface area contributed by atoms with Gasteiger partial charge in [-0.05, 0) is 37.5 Å². The summed E-state index contributed by atoms with van der Waals surface area (Å²) in [4.78, 5) is 24.7. The van der Waals surface area contributed by atoms with E-state index in [9.17, 15) is 14.7 Å². The lowest BCUT2D eigenvalue weighted by molar-refractivity contribution is 0.0697. The number of hydrogen-bond acceptors (Lipinski definition) is 3. The van der Waals surface area contributed by atoms with Gasteiger partial charge < -0.3 is 20.4 Å². The number of piperidine rings is 1. The lowest BCUT2D eigenvalue weighted by Crippen LogP contribution is -2.47. The number of benzene rings is 1. The maximum Gasteiger partial charge on any atom is 0.335 e. The number of likely N-dealkylation sites (tertiary alicyclic amines) is 1. The van der Waals surface area contributed by atoms with Gasteiger partial charge in [-0.1, -0.05) is 11.6 Å². The van der Waals surface area contributed by atoms with Crippen LogP contribution in [0.4, 0.5) is 10.5 Å². The monoisotopic (exact) mass is 312 g/mol.